The maximum Gasteiger partial charge on any atom is 0.270 e. The number of aromatic amines is 1. The Morgan fingerprint density at radius 2 is 1.94 bits per heavy atom. The minimum Gasteiger partial charge on any atom is -0.342 e. The van der Waals surface area contributed by atoms with Crippen molar-refractivity contribution in [3.63, 3.8) is 0 Å². The first-order valence-corrected chi connectivity index (χ1v) is 12.1. The van der Waals surface area contributed by atoms with Gasteiger partial charge in [0.05, 0.1) is 11.4 Å². The quantitative estimate of drug-likeness (QED) is 0.670. The molecule has 4 heterocycles. The summed E-state index contributed by atoms with van der Waals surface area (Å²) < 4.78 is 0.648. The molecule has 2 aromatic heterocycles. The molecule has 3 aromatic rings. The lowest BCUT2D eigenvalue weighted by Gasteiger charge is -2.37. The van der Waals surface area contributed by atoms with Crippen LogP contribution in [0.15, 0.2) is 40.5 Å². The minimum atomic E-state index is -0.106. The Morgan fingerprint density at radius 1 is 1.13 bits per heavy atom. The summed E-state index contributed by atoms with van der Waals surface area (Å²) in [6, 6.07) is 10.1. The Kier molecular flexibility index (Phi) is 5.52. The van der Waals surface area contributed by atoms with Crippen molar-refractivity contribution in [2.75, 3.05) is 31.1 Å². The van der Waals surface area contributed by atoms with E-state index in [0.29, 0.717) is 23.1 Å². The van der Waals surface area contributed by atoms with Crippen LogP contribution < -0.4 is 10.5 Å². The molecule has 5 rings (SSSR count). The molecule has 0 saturated carbocycles. The number of likely N-dealkylation sites (tertiary alicyclic amines) is 1. The maximum atomic E-state index is 13.2. The van der Waals surface area contributed by atoms with Gasteiger partial charge in [0.25, 0.3) is 5.56 Å². The predicted molar refractivity (Wildman–Crippen MR) is 126 cm³/mol. The second-order valence-electron chi connectivity index (χ2n) is 8.90. The smallest absolute Gasteiger partial charge is 0.270 e. The van der Waals surface area contributed by atoms with Gasteiger partial charge >= 0.3 is 0 Å². The van der Waals surface area contributed by atoms with E-state index in [4.69, 9.17) is 4.98 Å². The summed E-state index contributed by atoms with van der Waals surface area (Å²) in [5.74, 6) is 1.39. The molecule has 2 saturated heterocycles. The van der Waals surface area contributed by atoms with Crippen molar-refractivity contribution in [1.29, 1.82) is 0 Å². The number of hydrogen-bond acceptors (Lipinski definition) is 5. The number of piperidine rings is 2. The summed E-state index contributed by atoms with van der Waals surface area (Å²) in [4.78, 5) is 37.9. The molecule has 2 aliphatic rings. The first-order chi connectivity index (χ1) is 15.1. The van der Waals surface area contributed by atoms with Crippen LogP contribution in [0.4, 0.5) is 5.95 Å². The number of rotatable bonds is 3. The van der Waals surface area contributed by atoms with Gasteiger partial charge in [-0.05, 0) is 37.2 Å². The van der Waals surface area contributed by atoms with Crippen molar-refractivity contribution in [2.24, 2.45) is 11.8 Å². The van der Waals surface area contributed by atoms with E-state index >= 15 is 0 Å². The summed E-state index contributed by atoms with van der Waals surface area (Å²) >= 11 is 1.43. The largest absolute Gasteiger partial charge is 0.342 e. The van der Waals surface area contributed by atoms with Crippen molar-refractivity contribution < 1.29 is 4.79 Å². The van der Waals surface area contributed by atoms with E-state index in [1.807, 2.05) is 40.6 Å². The monoisotopic (exact) mass is 436 g/mol. The molecule has 7 heteroatoms. The van der Waals surface area contributed by atoms with Gasteiger partial charge in [-0.3, -0.25) is 14.6 Å². The number of H-pyrrole nitrogens is 1. The number of nitrogens with one attached hydrogen (secondary N) is 1. The van der Waals surface area contributed by atoms with Crippen LogP contribution in [0.3, 0.4) is 0 Å². The highest BCUT2D eigenvalue weighted by Crippen LogP contribution is 2.32. The number of carbonyl (C=O) groups is 1. The molecule has 1 N–H and O–H groups in total. The fourth-order valence-corrected chi connectivity index (χ4v) is 5.82. The molecule has 1 aromatic carbocycles. The molecule has 2 fully saturated rings. The summed E-state index contributed by atoms with van der Waals surface area (Å²) in [6.07, 6.45) is 4.13. The number of hydrogen-bond donors (Lipinski definition) is 1. The van der Waals surface area contributed by atoms with Crippen molar-refractivity contribution in [1.82, 2.24) is 14.9 Å². The second kappa shape index (κ2) is 8.46. The fourth-order valence-electron chi connectivity index (χ4n) is 4.91. The molecular formula is C24H28N4O2S. The molecule has 2 atom stereocenters. The predicted octanol–water partition coefficient (Wildman–Crippen LogP) is 4.13. The van der Waals surface area contributed by atoms with Gasteiger partial charge in [-0.15, -0.1) is 11.3 Å². The molecule has 0 bridgehead atoms. The zero-order valence-electron chi connectivity index (χ0n) is 17.8. The standard InChI is InChI=1S/C24H28N4O2S/c1-16-7-5-11-27(13-16)23(30)18-10-6-12-28(14-18)24-25-20-19(17-8-3-2-4-9-17)15-31-21(20)22(29)26-24/h2-4,8-9,15-16,18H,5-7,10-14H2,1H3,(H,25,26,29)/t16-,18-/m0/s1. The van der Waals surface area contributed by atoms with Gasteiger partial charge in [-0.1, -0.05) is 37.3 Å². The van der Waals surface area contributed by atoms with E-state index < -0.39 is 0 Å². The number of amides is 1. The number of anilines is 1. The molecule has 0 aliphatic carbocycles. The van der Waals surface area contributed by atoms with Gasteiger partial charge in [0.1, 0.15) is 4.70 Å². The lowest BCUT2D eigenvalue weighted by Crippen LogP contribution is -2.48. The van der Waals surface area contributed by atoms with Crippen LogP contribution >= 0.6 is 11.3 Å². The van der Waals surface area contributed by atoms with Crippen LogP contribution in [0.25, 0.3) is 21.3 Å². The van der Waals surface area contributed by atoms with Crippen LogP contribution in [0.1, 0.15) is 32.6 Å². The van der Waals surface area contributed by atoms with Crippen molar-refractivity contribution in [2.45, 2.75) is 32.6 Å². The third-order valence-corrected chi connectivity index (χ3v) is 7.51. The van der Waals surface area contributed by atoms with E-state index in [-0.39, 0.29) is 17.4 Å². The van der Waals surface area contributed by atoms with Crippen LogP contribution in [0.5, 0.6) is 0 Å². The number of carbonyl (C=O) groups excluding carboxylic acids is 1. The highest BCUT2D eigenvalue weighted by Gasteiger charge is 2.32. The molecule has 162 valence electrons. The number of fused-ring (bicyclic) bond motifs is 1. The van der Waals surface area contributed by atoms with Crippen molar-refractivity contribution >= 4 is 33.4 Å². The van der Waals surface area contributed by atoms with Crippen molar-refractivity contribution in [3.05, 3.63) is 46.1 Å². The number of nitrogens with zero attached hydrogens (tertiary/aromatic N) is 3. The second-order valence-corrected chi connectivity index (χ2v) is 9.78. The molecule has 0 spiro atoms. The summed E-state index contributed by atoms with van der Waals surface area (Å²) in [5.41, 5.74) is 2.68. The number of thiophene rings is 1. The molecule has 6 nitrogen and oxygen atoms in total. The number of benzene rings is 1. The summed E-state index contributed by atoms with van der Waals surface area (Å²) in [7, 11) is 0. The fraction of sp³-hybridized carbons (Fsp3) is 0.458. The van der Waals surface area contributed by atoms with Gasteiger partial charge in [0.15, 0.2) is 0 Å². The Labute approximate surface area is 185 Å². The highest BCUT2D eigenvalue weighted by atomic mass is 32.1. The Hall–Kier alpha value is -2.67. The molecule has 31 heavy (non-hydrogen) atoms. The summed E-state index contributed by atoms with van der Waals surface area (Å²) in [5, 5.41) is 2.01. The molecule has 0 radical (unpaired) electrons. The Balaban J connectivity index is 1.42. The normalized spacial score (nSPS) is 22.1. The first-order valence-electron chi connectivity index (χ1n) is 11.2. The zero-order chi connectivity index (χ0) is 21.4. The lowest BCUT2D eigenvalue weighted by molar-refractivity contribution is -0.137. The van der Waals surface area contributed by atoms with Gasteiger partial charge in [0, 0.05) is 37.1 Å². The Morgan fingerprint density at radius 3 is 2.74 bits per heavy atom. The third kappa shape index (κ3) is 3.99. The first kappa shape index (κ1) is 20.2. The topological polar surface area (TPSA) is 69.3 Å². The average Bonchev–Trinajstić information content (AvgIpc) is 3.24. The van der Waals surface area contributed by atoms with E-state index in [2.05, 4.69) is 16.8 Å². The molecule has 1 amide bonds. The molecule has 0 unspecified atom stereocenters. The van der Waals surface area contributed by atoms with Gasteiger partial charge < -0.3 is 9.80 Å². The molecule has 2 aliphatic heterocycles. The number of aromatic nitrogens is 2. The van der Waals surface area contributed by atoms with Crippen LogP contribution in [0, 0.1) is 11.8 Å². The average molecular weight is 437 g/mol. The van der Waals surface area contributed by atoms with Gasteiger partial charge in [0.2, 0.25) is 11.9 Å². The SMILES string of the molecule is C[C@H]1CCCN(C(=O)[C@H]2CCCN(c3nc4c(-c5ccccc5)csc4c(=O)[nH]3)C2)C1. The Bertz CT molecular complexity index is 1140. The lowest BCUT2D eigenvalue weighted by atomic mass is 9.94. The zero-order valence-corrected chi connectivity index (χ0v) is 18.7. The van der Waals surface area contributed by atoms with Gasteiger partial charge in [-0.25, -0.2) is 4.98 Å². The summed E-state index contributed by atoms with van der Waals surface area (Å²) in [6.45, 7) is 5.38. The minimum absolute atomic E-state index is 0.0314. The third-order valence-electron chi connectivity index (χ3n) is 6.54. The molecular weight excluding hydrogens is 408 g/mol. The van der Waals surface area contributed by atoms with Gasteiger partial charge in [-0.2, -0.15) is 0 Å². The van der Waals surface area contributed by atoms with E-state index in [9.17, 15) is 9.59 Å². The van der Waals surface area contributed by atoms with E-state index in [1.165, 1.54) is 17.8 Å². The maximum absolute atomic E-state index is 13.2. The van der Waals surface area contributed by atoms with Crippen LogP contribution in [-0.4, -0.2) is 47.0 Å². The highest BCUT2D eigenvalue weighted by molar-refractivity contribution is 7.17. The van der Waals surface area contributed by atoms with Crippen molar-refractivity contribution in [3.8, 4) is 11.1 Å². The van der Waals surface area contributed by atoms with Crippen LogP contribution in [-0.2, 0) is 4.79 Å². The van der Waals surface area contributed by atoms with Crippen LogP contribution in [0.2, 0.25) is 0 Å². The van der Waals surface area contributed by atoms with E-state index in [0.717, 1.165) is 55.5 Å². The van der Waals surface area contributed by atoms with E-state index in [1.54, 1.807) is 0 Å².